The fourth-order valence-electron chi connectivity index (χ4n) is 1.89. The van der Waals surface area contributed by atoms with Crippen LogP contribution >= 0.6 is 11.3 Å². The molecular weight excluding hydrogens is 272 g/mol. The Balaban J connectivity index is 2.15. The molecule has 0 aliphatic heterocycles. The Morgan fingerprint density at radius 2 is 1.90 bits per heavy atom. The number of benzene rings is 1. The highest BCUT2D eigenvalue weighted by Crippen LogP contribution is 2.33. The number of hydrogen-bond donors (Lipinski definition) is 1. The Kier molecular flexibility index (Phi) is 4.49. The quantitative estimate of drug-likeness (QED) is 0.914. The van der Waals surface area contributed by atoms with Gasteiger partial charge in [-0.25, -0.2) is 0 Å². The smallest absolute Gasteiger partial charge is 0.162 e. The van der Waals surface area contributed by atoms with Gasteiger partial charge in [0, 0.05) is 23.2 Å². The predicted molar refractivity (Wildman–Crippen MR) is 80.6 cm³/mol. The number of ether oxygens (including phenoxy) is 2. The number of nitriles is 1. The van der Waals surface area contributed by atoms with E-state index in [0.717, 1.165) is 26.8 Å². The second kappa shape index (κ2) is 6.31. The molecule has 5 heteroatoms. The zero-order chi connectivity index (χ0) is 14.5. The summed E-state index contributed by atoms with van der Waals surface area (Å²) in [4.78, 5) is 1.85. The van der Waals surface area contributed by atoms with Crippen molar-refractivity contribution >= 4 is 17.0 Å². The summed E-state index contributed by atoms with van der Waals surface area (Å²) in [6.07, 6.45) is 0. The number of rotatable bonds is 5. The largest absolute Gasteiger partial charge is 0.493 e. The molecule has 0 aliphatic carbocycles. The molecule has 0 spiro atoms. The van der Waals surface area contributed by atoms with Crippen LogP contribution in [0.25, 0.3) is 0 Å². The number of nitrogens with one attached hydrogen (secondary N) is 1. The molecule has 0 amide bonds. The van der Waals surface area contributed by atoms with Crippen LogP contribution in [0.3, 0.4) is 0 Å². The lowest BCUT2D eigenvalue weighted by molar-refractivity contribution is 0.355. The molecule has 1 aromatic carbocycles. The second-order valence-electron chi connectivity index (χ2n) is 4.25. The maximum absolute atomic E-state index is 8.82. The maximum atomic E-state index is 8.82. The van der Waals surface area contributed by atoms with E-state index in [4.69, 9.17) is 14.7 Å². The zero-order valence-corrected chi connectivity index (χ0v) is 12.5. The molecule has 0 saturated heterocycles. The van der Waals surface area contributed by atoms with Crippen LogP contribution in [-0.4, -0.2) is 14.2 Å². The van der Waals surface area contributed by atoms with Crippen LogP contribution in [0.2, 0.25) is 0 Å². The van der Waals surface area contributed by atoms with Crippen molar-refractivity contribution in [3.63, 3.8) is 0 Å². The van der Waals surface area contributed by atoms with Crippen LogP contribution in [0, 0.1) is 18.3 Å². The molecule has 0 fully saturated rings. The van der Waals surface area contributed by atoms with Crippen LogP contribution in [0.15, 0.2) is 24.3 Å². The van der Waals surface area contributed by atoms with E-state index in [1.807, 2.05) is 31.2 Å². The molecule has 0 atom stereocenters. The van der Waals surface area contributed by atoms with E-state index in [-0.39, 0.29) is 0 Å². The van der Waals surface area contributed by atoms with E-state index < -0.39 is 0 Å². The summed E-state index contributed by atoms with van der Waals surface area (Å²) in [5.74, 6) is 1.42. The summed E-state index contributed by atoms with van der Waals surface area (Å²) in [5, 5.41) is 12.2. The van der Waals surface area contributed by atoms with E-state index in [9.17, 15) is 0 Å². The van der Waals surface area contributed by atoms with Gasteiger partial charge in [0.1, 0.15) is 10.9 Å². The molecule has 1 aromatic heterocycles. The number of nitrogens with zero attached hydrogens (tertiary/aromatic N) is 1. The average Bonchev–Trinajstić information content (AvgIpc) is 2.93. The minimum Gasteiger partial charge on any atom is -0.493 e. The highest BCUT2D eigenvalue weighted by Gasteiger charge is 2.08. The van der Waals surface area contributed by atoms with Gasteiger partial charge >= 0.3 is 0 Å². The third-order valence-electron chi connectivity index (χ3n) is 2.96. The van der Waals surface area contributed by atoms with Crippen molar-refractivity contribution in [1.82, 2.24) is 0 Å². The number of aryl methyl sites for hydroxylation is 1. The molecule has 1 N–H and O–H groups in total. The summed E-state index contributed by atoms with van der Waals surface area (Å²) >= 11 is 1.50. The Morgan fingerprint density at radius 3 is 2.50 bits per heavy atom. The standard InChI is InChI=1S/C15H16N2O2S/c1-10-6-14(18-2)15(19-3)7-13(10)17-9-12-5-4-11(8-16)20-12/h4-7,17H,9H2,1-3H3. The molecule has 2 aromatic rings. The third-order valence-corrected chi connectivity index (χ3v) is 3.95. The summed E-state index contributed by atoms with van der Waals surface area (Å²) in [6.45, 7) is 2.70. The van der Waals surface area contributed by atoms with Crippen molar-refractivity contribution in [1.29, 1.82) is 5.26 Å². The lowest BCUT2D eigenvalue weighted by Crippen LogP contribution is -2.01. The second-order valence-corrected chi connectivity index (χ2v) is 5.42. The van der Waals surface area contributed by atoms with Crippen LogP contribution in [0.4, 0.5) is 5.69 Å². The van der Waals surface area contributed by atoms with Gasteiger partial charge in [0.2, 0.25) is 0 Å². The first kappa shape index (κ1) is 14.2. The molecule has 104 valence electrons. The fraction of sp³-hybridized carbons (Fsp3) is 0.267. The van der Waals surface area contributed by atoms with Gasteiger partial charge in [0.25, 0.3) is 0 Å². The summed E-state index contributed by atoms with van der Waals surface area (Å²) in [7, 11) is 3.24. The van der Waals surface area contributed by atoms with Gasteiger partial charge in [0.05, 0.1) is 14.2 Å². The third kappa shape index (κ3) is 3.03. The van der Waals surface area contributed by atoms with Crippen molar-refractivity contribution in [2.24, 2.45) is 0 Å². The van der Waals surface area contributed by atoms with Crippen LogP contribution in [0.1, 0.15) is 15.3 Å². The zero-order valence-electron chi connectivity index (χ0n) is 11.7. The lowest BCUT2D eigenvalue weighted by Gasteiger charge is -2.13. The molecular formula is C15H16N2O2S. The first-order valence-electron chi connectivity index (χ1n) is 6.13. The van der Waals surface area contributed by atoms with Crippen LogP contribution in [0.5, 0.6) is 11.5 Å². The lowest BCUT2D eigenvalue weighted by atomic mass is 10.1. The average molecular weight is 288 g/mol. The molecule has 20 heavy (non-hydrogen) atoms. The fourth-order valence-corrected chi connectivity index (χ4v) is 2.63. The molecule has 1 heterocycles. The van der Waals surface area contributed by atoms with E-state index in [1.165, 1.54) is 11.3 Å². The van der Waals surface area contributed by atoms with E-state index in [1.54, 1.807) is 14.2 Å². The van der Waals surface area contributed by atoms with Crippen molar-refractivity contribution in [3.05, 3.63) is 39.6 Å². The maximum Gasteiger partial charge on any atom is 0.162 e. The van der Waals surface area contributed by atoms with Gasteiger partial charge in [-0.3, -0.25) is 0 Å². The molecule has 2 rings (SSSR count). The molecule has 0 radical (unpaired) electrons. The van der Waals surface area contributed by atoms with Crippen molar-refractivity contribution in [2.45, 2.75) is 13.5 Å². The van der Waals surface area contributed by atoms with Crippen LogP contribution < -0.4 is 14.8 Å². The Bertz CT molecular complexity index is 644. The van der Waals surface area contributed by atoms with Crippen LogP contribution in [-0.2, 0) is 6.54 Å². The Labute approximate surface area is 122 Å². The number of anilines is 1. The molecule has 0 aliphatic rings. The number of hydrogen-bond acceptors (Lipinski definition) is 5. The highest BCUT2D eigenvalue weighted by molar-refractivity contribution is 7.12. The summed E-state index contributed by atoms with van der Waals surface area (Å²) in [6, 6.07) is 9.81. The van der Waals surface area contributed by atoms with Gasteiger partial charge in [-0.15, -0.1) is 11.3 Å². The van der Waals surface area contributed by atoms with Gasteiger partial charge in [-0.2, -0.15) is 5.26 Å². The van der Waals surface area contributed by atoms with Gasteiger partial charge in [0.15, 0.2) is 11.5 Å². The monoisotopic (exact) mass is 288 g/mol. The van der Waals surface area contributed by atoms with Crippen molar-refractivity contribution < 1.29 is 9.47 Å². The minimum absolute atomic E-state index is 0.683. The van der Waals surface area contributed by atoms with Gasteiger partial charge in [-0.05, 0) is 30.7 Å². The Hall–Kier alpha value is -2.19. The van der Waals surface area contributed by atoms with E-state index >= 15 is 0 Å². The molecule has 4 nitrogen and oxygen atoms in total. The van der Waals surface area contributed by atoms with Crippen molar-refractivity contribution in [2.75, 3.05) is 19.5 Å². The Morgan fingerprint density at radius 1 is 1.20 bits per heavy atom. The predicted octanol–water partition coefficient (Wildman–Crippen LogP) is 3.56. The van der Waals surface area contributed by atoms with E-state index in [2.05, 4.69) is 11.4 Å². The SMILES string of the molecule is COc1cc(C)c(NCc2ccc(C#N)s2)cc1OC. The van der Waals surface area contributed by atoms with Gasteiger partial charge < -0.3 is 14.8 Å². The minimum atomic E-state index is 0.683. The number of thiophene rings is 1. The van der Waals surface area contributed by atoms with Crippen molar-refractivity contribution in [3.8, 4) is 17.6 Å². The normalized spacial score (nSPS) is 9.90. The topological polar surface area (TPSA) is 54.3 Å². The highest BCUT2D eigenvalue weighted by atomic mass is 32.1. The summed E-state index contributed by atoms with van der Waals surface area (Å²) in [5.41, 5.74) is 2.08. The molecule has 0 unspecified atom stereocenters. The number of methoxy groups -OCH3 is 2. The summed E-state index contributed by atoms with van der Waals surface area (Å²) < 4.78 is 10.6. The molecule has 0 saturated carbocycles. The van der Waals surface area contributed by atoms with Gasteiger partial charge in [-0.1, -0.05) is 0 Å². The first-order valence-corrected chi connectivity index (χ1v) is 6.95. The van der Waals surface area contributed by atoms with E-state index in [0.29, 0.717) is 12.3 Å². The molecule has 0 bridgehead atoms. The first-order chi connectivity index (χ1) is 9.67.